The number of carboxylic acid groups (broad SMARTS) is 1. The molecule has 0 spiro atoms. The first-order valence-electron chi connectivity index (χ1n) is 8.03. The number of rotatable bonds is 8. The van der Waals surface area contributed by atoms with Crippen molar-refractivity contribution in [2.24, 2.45) is 11.8 Å². The minimum atomic E-state index is -1.22. The summed E-state index contributed by atoms with van der Waals surface area (Å²) in [5, 5.41) is 14.6. The zero-order valence-corrected chi connectivity index (χ0v) is 12.8. The van der Waals surface area contributed by atoms with Gasteiger partial charge in [0.15, 0.2) is 0 Å². The molecule has 0 bridgehead atoms. The Labute approximate surface area is 130 Å². The predicted molar refractivity (Wildman–Crippen MR) is 81.0 cm³/mol. The maximum atomic E-state index is 11.8. The highest BCUT2D eigenvalue weighted by Gasteiger charge is 2.20. The Kier molecular flexibility index (Phi) is 5.98. The number of nitrogens with one attached hydrogen (secondary N) is 2. The number of hydrogen-bond donors (Lipinski definition) is 3. The number of aliphatic carboxylic acids is 1. The topological polar surface area (TPSA) is 95.5 Å². The highest BCUT2D eigenvalue weighted by molar-refractivity contribution is 6.01. The smallest absolute Gasteiger partial charge is 0.332 e. The first-order chi connectivity index (χ1) is 10.5. The molecule has 0 aliphatic heterocycles. The lowest BCUT2D eigenvalue weighted by Crippen LogP contribution is -2.33. The minimum absolute atomic E-state index is 0.169. The lowest BCUT2D eigenvalue weighted by atomic mass is 9.85. The monoisotopic (exact) mass is 308 g/mol. The zero-order valence-electron chi connectivity index (χ0n) is 12.8. The van der Waals surface area contributed by atoms with Crippen molar-refractivity contribution in [1.29, 1.82) is 0 Å². The van der Waals surface area contributed by atoms with Crippen molar-refractivity contribution >= 4 is 17.8 Å². The van der Waals surface area contributed by atoms with Crippen LogP contribution in [0.5, 0.6) is 0 Å². The van der Waals surface area contributed by atoms with Gasteiger partial charge < -0.3 is 15.7 Å². The second kappa shape index (κ2) is 7.96. The van der Waals surface area contributed by atoms with Gasteiger partial charge in [-0.05, 0) is 37.5 Å². The summed E-state index contributed by atoms with van der Waals surface area (Å²) in [6.45, 7) is 1.18. The van der Waals surface area contributed by atoms with Gasteiger partial charge in [-0.25, -0.2) is 4.79 Å². The third-order valence-corrected chi connectivity index (χ3v) is 4.53. The van der Waals surface area contributed by atoms with Gasteiger partial charge in [-0.2, -0.15) is 0 Å². The van der Waals surface area contributed by atoms with Crippen molar-refractivity contribution in [3.63, 3.8) is 0 Å². The first kappa shape index (κ1) is 16.5. The van der Waals surface area contributed by atoms with Crippen LogP contribution in [0.2, 0.25) is 0 Å². The predicted octanol–water partition coefficient (Wildman–Crippen LogP) is 1.22. The molecule has 0 aromatic carbocycles. The van der Waals surface area contributed by atoms with Gasteiger partial charge in [0.2, 0.25) is 11.8 Å². The van der Waals surface area contributed by atoms with Crippen LogP contribution < -0.4 is 10.6 Å². The first-order valence-corrected chi connectivity index (χ1v) is 8.03. The molecule has 0 unspecified atom stereocenters. The molecule has 2 saturated carbocycles. The number of carbonyl (C=O) groups is 3. The van der Waals surface area contributed by atoms with Gasteiger partial charge in [-0.3, -0.25) is 9.59 Å². The molecule has 2 rings (SSSR count). The van der Waals surface area contributed by atoms with E-state index in [0.717, 1.165) is 31.8 Å². The molecule has 2 amide bonds. The molecule has 2 aliphatic rings. The standard InChI is InChI=1S/C16H24N2O4/c19-14(17-9-11-3-1-4-11)7-13(16(21)22)8-15(20)18-10-12-5-2-6-12/h7,11-12H,1-6,8-10H2,(H,17,19)(H,18,20)(H,21,22)/b13-7-. The zero-order chi connectivity index (χ0) is 15.9. The average Bonchev–Trinajstić information content (AvgIpc) is 2.34. The van der Waals surface area contributed by atoms with Gasteiger partial charge in [0.1, 0.15) is 0 Å². The van der Waals surface area contributed by atoms with Gasteiger partial charge in [0.05, 0.1) is 12.0 Å². The summed E-state index contributed by atoms with van der Waals surface area (Å²) in [4.78, 5) is 34.6. The van der Waals surface area contributed by atoms with E-state index in [1.165, 1.54) is 12.8 Å². The molecular formula is C16H24N2O4. The number of carbonyl (C=O) groups excluding carboxylic acids is 2. The van der Waals surface area contributed by atoms with Gasteiger partial charge >= 0.3 is 5.97 Å². The summed E-state index contributed by atoms with van der Waals surface area (Å²) in [5.41, 5.74) is -0.169. The molecular weight excluding hydrogens is 284 g/mol. The molecule has 6 nitrogen and oxygen atoms in total. The van der Waals surface area contributed by atoms with Crippen LogP contribution in [0.25, 0.3) is 0 Å². The Hall–Kier alpha value is -1.85. The summed E-state index contributed by atoms with van der Waals surface area (Å²) in [6.07, 6.45) is 7.61. The van der Waals surface area contributed by atoms with Crippen LogP contribution in [0.3, 0.4) is 0 Å². The van der Waals surface area contributed by atoms with E-state index in [-0.39, 0.29) is 17.9 Å². The molecule has 22 heavy (non-hydrogen) atoms. The van der Waals surface area contributed by atoms with E-state index in [9.17, 15) is 14.4 Å². The van der Waals surface area contributed by atoms with Crippen LogP contribution >= 0.6 is 0 Å². The lowest BCUT2D eigenvalue weighted by molar-refractivity contribution is -0.134. The second-order valence-electron chi connectivity index (χ2n) is 6.29. The van der Waals surface area contributed by atoms with E-state index in [0.29, 0.717) is 24.9 Å². The molecule has 2 fully saturated rings. The highest BCUT2D eigenvalue weighted by atomic mass is 16.4. The Bertz CT molecular complexity index is 465. The Balaban J connectivity index is 1.76. The Morgan fingerprint density at radius 2 is 1.50 bits per heavy atom. The molecule has 0 aromatic heterocycles. The Morgan fingerprint density at radius 3 is 1.95 bits per heavy atom. The van der Waals surface area contributed by atoms with Gasteiger partial charge in [0, 0.05) is 19.2 Å². The molecule has 0 saturated heterocycles. The highest BCUT2D eigenvalue weighted by Crippen LogP contribution is 2.25. The van der Waals surface area contributed by atoms with Crippen molar-refractivity contribution in [2.45, 2.75) is 44.9 Å². The van der Waals surface area contributed by atoms with E-state index in [1.54, 1.807) is 0 Å². The van der Waals surface area contributed by atoms with Crippen LogP contribution in [0.4, 0.5) is 0 Å². The second-order valence-corrected chi connectivity index (χ2v) is 6.29. The molecule has 0 heterocycles. The number of hydrogen-bond acceptors (Lipinski definition) is 3. The van der Waals surface area contributed by atoms with Crippen LogP contribution in [0, 0.1) is 11.8 Å². The van der Waals surface area contributed by atoms with Gasteiger partial charge in [-0.15, -0.1) is 0 Å². The summed E-state index contributed by atoms with van der Waals surface area (Å²) in [7, 11) is 0. The maximum Gasteiger partial charge on any atom is 0.332 e. The largest absolute Gasteiger partial charge is 0.478 e. The summed E-state index contributed by atoms with van der Waals surface area (Å²) >= 11 is 0. The SMILES string of the molecule is O=C(/C=C(/CC(=O)NCC1CCC1)C(=O)O)NCC1CCC1. The molecule has 0 radical (unpaired) electrons. The van der Waals surface area contributed by atoms with Crippen molar-refractivity contribution in [2.75, 3.05) is 13.1 Å². The normalized spacial score (nSPS) is 19.0. The molecule has 0 aromatic rings. The van der Waals surface area contributed by atoms with E-state index in [4.69, 9.17) is 5.11 Å². The van der Waals surface area contributed by atoms with Crippen molar-refractivity contribution in [1.82, 2.24) is 10.6 Å². The van der Waals surface area contributed by atoms with Crippen molar-refractivity contribution < 1.29 is 19.5 Å². The minimum Gasteiger partial charge on any atom is -0.478 e. The van der Waals surface area contributed by atoms with Crippen LogP contribution in [-0.2, 0) is 14.4 Å². The van der Waals surface area contributed by atoms with E-state index < -0.39 is 11.9 Å². The number of carboxylic acids is 1. The van der Waals surface area contributed by atoms with Crippen molar-refractivity contribution in [3.05, 3.63) is 11.6 Å². The van der Waals surface area contributed by atoms with Crippen LogP contribution in [-0.4, -0.2) is 36.0 Å². The van der Waals surface area contributed by atoms with Gasteiger partial charge in [-0.1, -0.05) is 12.8 Å². The van der Waals surface area contributed by atoms with E-state index in [2.05, 4.69) is 10.6 Å². The van der Waals surface area contributed by atoms with E-state index in [1.807, 2.05) is 0 Å². The van der Waals surface area contributed by atoms with Crippen molar-refractivity contribution in [3.8, 4) is 0 Å². The molecule has 0 atom stereocenters. The molecule has 122 valence electrons. The van der Waals surface area contributed by atoms with Crippen LogP contribution in [0.1, 0.15) is 44.9 Å². The fourth-order valence-corrected chi connectivity index (χ4v) is 2.53. The van der Waals surface area contributed by atoms with Gasteiger partial charge in [0.25, 0.3) is 0 Å². The number of amides is 2. The summed E-state index contributed by atoms with van der Waals surface area (Å²) in [6, 6.07) is 0. The summed E-state index contributed by atoms with van der Waals surface area (Å²) in [5.74, 6) is -0.968. The van der Waals surface area contributed by atoms with E-state index >= 15 is 0 Å². The van der Waals surface area contributed by atoms with Crippen LogP contribution in [0.15, 0.2) is 11.6 Å². The fraction of sp³-hybridized carbons (Fsp3) is 0.688. The summed E-state index contributed by atoms with van der Waals surface area (Å²) < 4.78 is 0. The molecule has 3 N–H and O–H groups in total. The quantitative estimate of drug-likeness (QED) is 0.588. The lowest BCUT2D eigenvalue weighted by Gasteiger charge is -2.25. The fourth-order valence-electron chi connectivity index (χ4n) is 2.53. The Morgan fingerprint density at radius 1 is 0.955 bits per heavy atom. The average molecular weight is 308 g/mol. The molecule has 6 heteroatoms. The third kappa shape index (κ3) is 5.16. The third-order valence-electron chi connectivity index (χ3n) is 4.53. The maximum absolute atomic E-state index is 11.8. The molecule has 2 aliphatic carbocycles.